The zero-order chi connectivity index (χ0) is 58.9. The number of aliphatic hydroxyl groups is 2. The molecule has 1 heterocycles. The SMILES string of the molecule is OCCOc1ccc2ccccc2c1-c1c(OCCOc2ccc3ccc4c(c3c2)C(c2cccc3ccccc23)c2c(ccc3ccc(OCCOc5ccc6ccccc6c5-c5c(OCCO)ccc6ccccc56)cc23)O4)ccc2ccccc12. The fraction of sp³-hybridized carbons (Fsp3) is 0.114. The largest absolute Gasteiger partial charge is 0.491 e. The van der Waals surface area contributed by atoms with Crippen molar-refractivity contribution in [3.05, 3.63) is 265 Å². The monoisotopic (exact) mass is 1150 g/mol. The maximum absolute atomic E-state index is 9.83. The molecule has 0 bridgehead atoms. The molecule has 1 aliphatic rings. The summed E-state index contributed by atoms with van der Waals surface area (Å²) in [5, 5.41) is 34.5. The van der Waals surface area contributed by atoms with Crippen molar-refractivity contribution in [1.29, 1.82) is 0 Å². The maximum atomic E-state index is 9.83. The third-order valence-electron chi connectivity index (χ3n) is 16.9. The van der Waals surface area contributed by atoms with E-state index in [0.717, 1.165) is 126 Å². The van der Waals surface area contributed by atoms with Crippen LogP contribution in [0.25, 0.3) is 97.7 Å². The van der Waals surface area contributed by atoms with Gasteiger partial charge in [-0.2, -0.15) is 0 Å². The Bertz CT molecular complexity index is 4700. The van der Waals surface area contributed by atoms with Gasteiger partial charge >= 0.3 is 0 Å². The number of hydrogen-bond donors (Lipinski definition) is 2. The molecule has 1 aliphatic heterocycles. The van der Waals surface area contributed by atoms with Crippen LogP contribution >= 0.6 is 0 Å². The topological polar surface area (TPSA) is 105 Å². The summed E-state index contributed by atoms with van der Waals surface area (Å²) in [5.41, 5.74) is 6.93. The predicted molar refractivity (Wildman–Crippen MR) is 354 cm³/mol. The van der Waals surface area contributed by atoms with Crippen LogP contribution in [-0.4, -0.2) is 63.1 Å². The van der Waals surface area contributed by atoms with Gasteiger partial charge in [-0.25, -0.2) is 0 Å². The van der Waals surface area contributed by atoms with Crippen molar-refractivity contribution < 1.29 is 43.4 Å². The Kier molecular flexibility index (Phi) is 14.6. The van der Waals surface area contributed by atoms with E-state index in [4.69, 9.17) is 33.2 Å². The average molecular weight is 1150 g/mol. The molecule has 0 amide bonds. The van der Waals surface area contributed by atoms with Gasteiger partial charge in [0.25, 0.3) is 0 Å². The molecule has 14 aromatic carbocycles. The minimum absolute atomic E-state index is 0.105. The number of rotatable bonds is 19. The van der Waals surface area contributed by atoms with E-state index in [1.54, 1.807) is 0 Å². The molecule has 14 aromatic rings. The third kappa shape index (κ3) is 10.00. The first-order valence-corrected chi connectivity index (χ1v) is 29.9. The van der Waals surface area contributed by atoms with Crippen LogP contribution in [0.3, 0.4) is 0 Å². The first kappa shape index (κ1) is 54.1. The van der Waals surface area contributed by atoms with Crippen molar-refractivity contribution in [2.24, 2.45) is 0 Å². The van der Waals surface area contributed by atoms with E-state index in [9.17, 15) is 10.2 Å². The van der Waals surface area contributed by atoms with Crippen LogP contribution in [0, 0.1) is 0 Å². The fourth-order valence-corrected chi connectivity index (χ4v) is 13.1. The summed E-state index contributed by atoms with van der Waals surface area (Å²) in [6, 6.07) is 85.7. The van der Waals surface area contributed by atoms with Crippen LogP contribution in [0.4, 0.5) is 0 Å². The molecule has 0 unspecified atom stereocenters. The molecule has 0 saturated heterocycles. The van der Waals surface area contributed by atoms with Crippen LogP contribution in [-0.2, 0) is 0 Å². The molecule has 9 nitrogen and oxygen atoms in total. The van der Waals surface area contributed by atoms with Gasteiger partial charge in [0.2, 0.25) is 0 Å². The first-order valence-electron chi connectivity index (χ1n) is 29.9. The highest BCUT2D eigenvalue weighted by atomic mass is 16.5. The van der Waals surface area contributed by atoms with Crippen LogP contribution in [0.5, 0.6) is 46.0 Å². The Morgan fingerprint density at radius 2 is 0.580 bits per heavy atom. The molecule has 9 heteroatoms. The molecule has 0 aromatic heterocycles. The van der Waals surface area contributed by atoms with E-state index in [-0.39, 0.29) is 58.8 Å². The Morgan fingerprint density at radius 3 is 0.977 bits per heavy atom. The fourth-order valence-electron chi connectivity index (χ4n) is 13.1. The molecule has 430 valence electrons. The van der Waals surface area contributed by atoms with Gasteiger partial charge in [0, 0.05) is 39.3 Å². The Labute approximate surface area is 508 Å². The smallest absolute Gasteiger partial charge is 0.132 e. The van der Waals surface area contributed by atoms with E-state index in [2.05, 4.69) is 164 Å². The summed E-state index contributed by atoms with van der Waals surface area (Å²) in [5.74, 6) is 5.48. The zero-order valence-corrected chi connectivity index (χ0v) is 48.2. The van der Waals surface area contributed by atoms with Gasteiger partial charge in [0.1, 0.15) is 85.6 Å². The van der Waals surface area contributed by atoms with Crippen molar-refractivity contribution in [1.82, 2.24) is 0 Å². The molecule has 0 fully saturated rings. The lowest BCUT2D eigenvalue weighted by atomic mass is 9.77. The van der Waals surface area contributed by atoms with E-state index < -0.39 is 0 Å². The molecular formula is C79H60O9. The van der Waals surface area contributed by atoms with Crippen LogP contribution in [0.2, 0.25) is 0 Å². The van der Waals surface area contributed by atoms with Gasteiger partial charge in [0.15, 0.2) is 0 Å². The summed E-state index contributed by atoms with van der Waals surface area (Å²) < 4.78 is 46.3. The summed E-state index contributed by atoms with van der Waals surface area (Å²) in [6.45, 7) is 1.20. The lowest BCUT2D eigenvalue weighted by molar-refractivity contribution is 0.202. The van der Waals surface area contributed by atoms with Crippen molar-refractivity contribution >= 4 is 75.4 Å². The molecule has 88 heavy (non-hydrogen) atoms. The highest BCUT2D eigenvalue weighted by Gasteiger charge is 2.34. The molecule has 0 atom stereocenters. The minimum atomic E-state index is -0.257. The summed E-state index contributed by atoms with van der Waals surface area (Å²) in [7, 11) is 0. The standard InChI is InChI=1S/C79H60O9/c80-40-42-84-67-34-26-51-13-2-7-19-60(51)73(67)75-62-21-9-4-15-53(62)28-36-69(75)86-46-44-82-57-32-24-55-30-38-71-77(65(55)48-57)79(64-23-11-17-50-12-1-6-18-59(50)64)78-66-49-58(33-25-56(66)31-39-72(78)88-71)83-45-47-87-70-37-29-54-16-5-10-22-63(54)76(70)74-61-20-8-3-14-52(61)27-35-68(74)85-43-41-81/h1-39,48-49,79-81H,40-47H2. The molecule has 0 radical (unpaired) electrons. The lowest BCUT2D eigenvalue weighted by Crippen LogP contribution is -2.14. The average Bonchev–Trinajstić information content (AvgIpc) is 0.826. The Morgan fingerprint density at radius 1 is 0.273 bits per heavy atom. The number of aliphatic hydroxyl groups excluding tert-OH is 2. The quantitative estimate of drug-likeness (QED) is 0.0766. The molecule has 0 aliphatic carbocycles. The highest BCUT2D eigenvalue weighted by Crippen LogP contribution is 2.54. The first-order chi connectivity index (χ1) is 43.6. The normalized spacial score (nSPS) is 12.2. The van der Waals surface area contributed by atoms with Gasteiger partial charge in [-0.3, -0.25) is 0 Å². The number of fused-ring (bicyclic) bond motifs is 11. The number of hydrogen-bond acceptors (Lipinski definition) is 9. The number of ether oxygens (including phenoxy) is 7. The highest BCUT2D eigenvalue weighted by molar-refractivity contribution is 6.11. The zero-order valence-electron chi connectivity index (χ0n) is 48.2. The van der Waals surface area contributed by atoms with Crippen molar-refractivity contribution in [3.8, 4) is 68.2 Å². The molecule has 2 N–H and O–H groups in total. The Hall–Kier alpha value is -10.6. The van der Waals surface area contributed by atoms with E-state index in [0.29, 0.717) is 34.5 Å². The second-order valence-corrected chi connectivity index (χ2v) is 22.0. The third-order valence-corrected chi connectivity index (χ3v) is 16.9. The lowest BCUT2D eigenvalue weighted by Gasteiger charge is -2.32. The van der Waals surface area contributed by atoms with Gasteiger partial charge < -0.3 is 43.4 Å². The van der Waals surface area contributed by atoms with Crippen molar-refractivity contribution in [2.45, 2.75) is 5.92 Å². The predicted octanol–water partition coefficient (Wildman–Crippen LogP) is 18.0. The summed E-state index contributed by atoms with van der Waals surface area (Å²) in [4.78, 5) is 0. The van der Waals surface area contributed by atoms with Gasteiger partial charge in [0.05, 0.1) is 13.2 Å². The number of benzene rings is 14. The summed E-state index contributed by atoms with van der Waals surface area (Å²) >= 11 is 0. The molecular weight excluding hydrogens is 1090 g/mol. The molecule has 0 spiro atoms. The van der Waals surface area contributed by atoms with Gasteiger partial charge in [-0.05, 0) is 142 Å². The van der Waals surface area contributed by atoms with Gasteiger partial charge in [-0.15, -0.1) is 0 Å². The van der Waals surface area contributed by atoms with Crippen LogP contribution in [0.15, 0.2) is 249 Å². The van der Waals surface area contributed by atoms with Gasteiger partial charge in [-0.1, -0.05) is 188 Å². The maximum Gasteiger partial charge on any atom is 0.132 e. The van der Waals surface area contributed by atoms with E-state index in [1.165, 1.54) is 0 Å². The van der Waals surface area contributed by atoms with E-state index >= 15 is 0 Å². The minimum Gasteiger partial charge on any atom is -0.491 e. The Balaban J connectivity index is 0.748. The second kappa shape index (κ2) is 23.7. The molecule has 15 rings (SSSR count). The van der Waals surface area contributed by atoms with E-state index in [1.807, 2.05) is 84.9 Å². The summed E-state index contributed by atoms with van der Waals surface area (Å²) in [6.07, 6.45) is 0. The van der Waals surface area contributed by atoms with Crippen LogP contribution < -0.4 is 33.2 Å². The van der Waals surface area contributed by atoms with Crippen molar-refractivity contribution in [2.75, 3.05) is 52.9 Å². The van der Waals surface area contributed by atoms with Crippen molar-refractivity contribution in [3.63, 3.8) is 0 Å². The molecule has 0 saturated carbocycles. The second-order valence-electron chi connectivity index (χ2n) is 22.0. The van der Waals surface area contributed by atoms with Crippen LogP contribution in [0.1, 0.15) is 22.6 Å².